The second-order valence-corrected chi connectivity index (χ2v) is 6.71. The van der Waals surface area contributed by atoms with Crippen molar-refractivity contribution in [1.29, 1.82) is 5.41 Å². The minimum atomic E-state index is -4.82. The van der Waals surface area contributed by atoms with Crippen LogP contribution in [-0.2, 0) is 11.3 Å². The predicted octanol–water partition coefficient (Wildman–Crippen LogP) is 6.33. The standard InChI is InChI=1S/C22H16ClF3N2O3/c23-17-5-1-2-6-18(17)28-19(12-20(27)22(24,25)26)14-7-9-15(10-8-14)21(29)31-13-16-4-3-11-30-16/h1-12,27-28H,13H2/b19-12-,27-20?. The molecule has 9 heteroatoms. The molecule has 0 saturated carbocycles. The minimum absolute atomic E-state index is 0.00840. The van der Waals surface area contributed by atoms with Crippen molar-refractivity contribution in [2.45, 2.75) is 12.8 Å². The van der Waals surface area contributed by atoms with Crippen molar-refractivity contribution in [1.82, 2.24) is 0 Å². The summed E-state index contributed by atoms with van der Waals surface area (Å²) in [5.74, 6) is -0.139. The Hall–Kier alpha value is -3.52. The van der Waals surface area contributed by atoms with Crippen LogP contribution in [0.3, 0.4) is 0 Å². The predicted molar refractivity (Wildman–Crippen MR) is 111 cm³/mol. The van der Waals surface area contributed by atoms with E-state index in [1.807, 2.05) is 0 Å². The third-order valence-corrected chi connectivity index (χ3v) is 4.42. The highest BCUT2D eigenvalue weighted by Gasteiger charge is 2.33. The second-order valence-electron chi connectivity index (χ2n) is 6.31. The lowest BCUT2D eigenvalue weighted by Crippen LogP contribution is -2.20. The summed E-state index contributed by atoms with van der Waals surface area (Å²) in [6, 6.07) is 15.6. The lowest BCUT2D eigenvalue weighted by molar-refractivity contribution is -0.0583. The number of ether oxygens (including phenoxy) is 1. The average molecular weight is 449 g/mol. The third-order valence-electron chi connectivity index (χ3n) is 4.09. The monoisotopic (exact) mass is 448 g/mol. The minimum Gasteiger partial charge on any atom is -0.466 e. The van der Waals surface area contributed by atoms with Crippen molar-refractivity contribution in [3.05, 3.63) is 94.9 Å². The van der Waals surface area contributed by atoms with E-state index in [-0.39, 0.29) is 17.9 Å². The van der Waals surface area contributed by atoms with Crippen molar-refractivity contribution < 1.29 is 27.1 Å². The van der Waals surface area contributed by atoms with E-state index in [0.717, 1.165) is 0 Å². The zero-order chi connectivity index (χ0) is 22.4. The van der Waals surface area contributed by atoms with Crippen molar-refractivity contribution in [2.24, 2.45) is 0 Å². The van der Waals surface area contributed by atoms with Gasteiger partial charge in [0.15, 0.2) is 0 Å². The molecule has 0 aliphatic heterocycles. The van der Waals surface area contributed by atoms with Crippen molar-refractivity contribution in [3.63, 3.8) is 0 Å². The van der Waals surface area contributed by atoms with Gasteiger partial charge in [0.2, 0.25) is 0 Å². The van der Waals surface area contributed by atoms with E-state index in [2.05, 4.69) is 5.32 Å². The van der Waals surface area contributed by atoms with Gasteiger partial charge in [0.05, 0.1) is 22.5 Å². The number of halogens is 4. The largest absolute Gasteiger partial charge is 0.466 e. The molecule has 2 N–H and O–H groups in total. The molecule has 3 rings (SSSR count). The molecule has 0 amide bonds. The first-order valence-electron chi connectivity index (χ1n) is 8.93. The maximum absolute atomic E-state index is 12.9. The fourth-order valence-electron chi connectivity index (χ4n) is 2.53. The summed E-state index contributed by atoms with van der Waals surface area (Å²) in [5, 5.41) is 10.4. The third kappa shape index (κ3) is 5.99. The Morgan fingerprint density at radius 3 is 2.35 bits per heavy atom. The molecule has 0 spiro atoms. The molecule has 0 aliphatic carbocycles. The van der Waals surface area contributed by atoms with E-state index in [1.165, 1.54) is 30.5 Å². The summed E-state index contributed by atoms with van der Waals surface area (Å²) >= 11 is 6.09. The summed E-state index contributed by atoms with van der Waals surface area (Å²) < 4.78 is 49.0. The van der Waals surface area contributed by atoms with Crippen LogP contribution in [0.2, 0.25) is 5.02 Å². The number of hydrogen-bond acceptors (Lipinski definition) is 5. The summed E-state index contributed by atoms with van der Waals surface area (Å²) in [6.07, 6.45) is -2.70. The fourth-order valence-corrected chi connectivity index (χ4v) is 2.71. The SMILES string of the molecule is N=C(/C=C(\Nc1ccccc1Cl)c1ccc(C(=O)OCc2ccco2)cc1)C(F)(F)F. The van der Waals surface area contributed by atoms with Gasteiger partial charge < -0.3 is 14.5 Å². The van der Waals surface area contributed by atoms with Crippen LogP contribution >= 0.6 is 11.6 Å². The molecule has 0 aliphatic rings. The number of para-hydroxylation sites is 1. The van der Waals surface area contributed by atoms with Crippen LogP contribution in [0.1, 0.15) is 21.7 Å². The summed E-state index contributed by atoms with van der Waals surface area (Å²) in [6.45, 7) is -0.0461. The van der Waals surface area contributed by atoms with Gasteiger partial charge in [-0.05, 0) is 48.0 Å². The number of hydrogen-bond donors (Lipinski definition) is 2. The highest BCUT2D eigenvalue weighted by Crippen LogP contribution is 2.27. The van der Waals surface area contributed by atoms with E-state index in [4.69, 9.17) is 26.2 Å². The van der Waals surface area contributed by atoms with Gasteiger partial charge in [0, 0.05) is 5.70 Å². The van der Waals surface area contributed by atoms with Gasteiger partial charge in [0.1, 0.15) is 18.1 Å². The zero-order valence-corrected chi connectivity index (χ0v) is 16.6. The number of nitrogens with one attached hydrogen (secondary N) is 2. The molecule has 5 nitrogen and oxygen atoms in total. The Morgan fingerprint density at radius 2 is 1.74 bits per heavy atom. The number of allylic oxidation sites excluding steroid dienone is 1. The topological polar surface area (TPSA) is 75.3 Å². The summed E-state index contributed by atoms with van der Waals surface area (Å²) in [5.41, 5.74) is -0.656. The number of furan rings is 1. The summed E-state index contributed by atoms with van der Waals surface area (Å²) in [4.78, 5) is 12.2. The van der Waals surface area contributed by atoms with E-state index in [1.54, 1.807) is 36.4 Å². The molecule has 160 valence electrons. The number of alkyl halides is 3. The Morgan fingerprint density at radius 1 is 1.06 bits per heavy atom. The first kappa shape index (κ1) is 22.2. The van der Waals surface area contributed by atoms with Gasteiger partial charge in [-0.15, -0.1) is 0 Å². The van der Waals surface area contributed by atoms with Crippen LogP contribution in [-0.4, -0.2) is 17.9 Å². The second kappa shape index (κ2) is 9.53. The van der Waals surface area contributed by atoms with E-state index < -0.39 is 17.9 Å². The first-order chi connectivity index (χ1) is 14.7. The molecule has 0 atom stereocenters. The van der Waals surface area contributed by atoms with Crippen LogP contribution in [0.25, 0.3) is 5.70 Å². The maximum atomic E-state index is 12.9. The number of anilines is 1. The van der Waals surface area contributed by atoms with Gasteiger partial charge in [0.25, 0.3) is 0 Å². The van der Waals surface area contributed by atoms with Crippen LogP contribution < -0.4 is 5.32 Å². The van der Waals surface area contributed by atoms with Crippen LogP contribution in [0, 0.1) is 5.41 Å². The fraction of sp³-hybridized carbons (Fsp3) is 0.0909. The molecule has 0 bridgehead atoms. The molecular formula is C22H16ClF3N2O3. The number of esters is 1. The van der Waals surface area contributed by atoms with Crippen molar-refractivity contribution >= 4 is 34.7 Å². The molecule has 1 aromatic heterocycles. The highest BCUT2D eigenvalue weighted by atomic mass is 35.5. The van der Waals surface area contributed by atoms with Crippen LogP contribution in [0.15, 0.2) is 77.4 Å². The Bertz CT molecular complexity index is 1090. The van der Waals surface area contributed by atoms with Gasteiger partial charge in [-0.2, -0.15) is 13.2 Å². The van der Waals surface area contributed by atoms with E-state index in [0.29, 0.717) is 28.1 Å². The molecular weight excluding hydrogens is 433 g/mol. The highest BCUT2D eigenvalue weighted by molar-refractivity contribution is 6.33. The van der Waals surface area contributed by atoms with Gasteiger partial charge in [-0.25, -0.2) is 4.79 Å². The quantitative estimate of drug-likeness (QED) is 0.327. The molecule has 0 fully saturated rings. The lowest BCUT2D eigenvalue weighted by atomic mass is 10.1. The van der Waals surface area contributed by atoms with Crippen LogP contribution in [0.5, 0.6) is 0 Å². The van der Waals surface area contributed by atoms with E-state index in [9.17, 15) is 18.0 Å². The molecule has 0 radical (unpaired) electrons. The maximum Gasteiger partial charge on any atom is 0.432 e. The number of benzene rings is 2. The molecule has 31 heavy (non-hydrogen) atoms. The molecule has 1 heterocycles. The number of carbonyl (C=O) groups excluding carboxylic acids is 1. The summed E-state index contributed by atoms with van der Waals surface area (Å²) in [7, 11) is 0. The van der Waals surface area contributed by atoms with Crippen LogP contribution in [0.4, 0.5) is 18.9 Å². The smallest absolute Gasteiger partial charge is 0.432 e. The van der Waals surface area contributed by atoms with Gasteiger partial charge >= 0.3 is 12.1 Å². The van der Waals surface area contributed by atoms with Crippen molar-refractivity contribution in [2.75, 3.05) is 5.32 Å². The molecule has 0 saturated heterocycles. The molecule has 3 aromatic rings. The average Bonchev–Trinajstić information content (AvgIpc) is 3.26. The zero-order valence-electron chi connectivity index (χ0n) is 15.9. The number of rotatable bonds is 7. The number of carbonyl (C=O) groups is 1. The molecule has 2 aromatic carbocycles. The van der Waals surface area contributed by atoms with Gasteiger partial charge in [-0.1, -0.05) is 35.9 Å². The normalized spacial score (nSPS) is 11.8. The lowest BCUT2D eigenvalue weighted by Gasteiger charge is -2.14. The Kier molecular flexibility index (Phi) is 6.81. The Labute approximate surface area is 180 Å². The van der Waals surface area contributed by atoms with Crippen molar-refractivity contribution in [3.8, 4) is 0 Å². The first-order valence-corrected chi connectivity index (χ1v) is 9.31. The van der Waals surface area contributed by atoms with Gasteiger partial charge in [-0.3, -0.25) is 5.41 Å². The molecule has 0 unspecified atom stereocenters. The van der Waals surface area contributed by atoms with E-state index >= 15 is 0 Å². The Balaban J connectivity index is 1.83.